The number of rotatable bonds is 4. The van der Waals surface area contributed by atoms with Crippen molar-refractivity contribution in [2.24, 2.45) is 0 Å². The average molecular weight is 290 g/mol. The van der Waals surface area contributed by atoms with E-state index in [0.717, 1.165) is 25.2 Å². The van der Waals surface area contributed by atoms with Crippen molar-refractivity contribution < 1.29 is 8.42 Å². The van der Waals surface area contributed by atoms with Gasteiger partial charge in [0.05, 0.1) is 10.8 Å². The first-order chi connectivity index (χ1) is 8.52. The minimum absolute atomic E-state index is 0.0175. The van der Waals surface area contributed by atoms with Crippen LogP contribution in [0, 0.1) is 0 Å². The minimum atomic E-state index is -3.20. The number of hydrogen-bond donors (Lipinski definition) is 1. The molecule has 2 heterocycles. The van der Waals surface area contributed by atoms with Crippen molar-refractivity contribution in [2.75, 3.05) is 24.2 Å². The molecule has 0 amide bonds. The fourth-order valence-electron chi connectivity index (χ4n) is 2.19. The normalized spacial score (nSPS) is 20.3. The lowest BCUT2D eigenvalue weighted by Gasteiger charge is -2.25. The number of hydrogen-bond acceptors (Lipinski definition) is 4. The second-order valence-electron chi connectivity index (χ2n) is 4.31. The third-order valence-corrected chi connectivity index (χ3v) is 4.78. The first kappa shape index (κ1) is 13.6. The van der Waals surface area contributed by atoms with Gasteiger partial charge in [-0.15, -0.1) is 0 Å². The maximum Gasteiger partial charge on any atom is 0.213 e. The molecule has 0 unspecified atom stereocenters. The summed E-state index contributed by atoms with van der Waals surface area (Å²) >= 11 is 5.80. The van der Waals surface area contributed by atoms with Crippen LogP contribution < -0.4 is 9.62 Å². The van der Waals surface area contributed by atoms with Crippen molar-refractivity contribution in [3.05, 3.63) is 23.4 Å². The summed E-state index contributed by atoms with van der Waals surface area (Å²) in [6.07, 6.45) is 3.43. The molecule has 0 saturated carbocycles. The van der Waals surface area contributed by atoms with Crippen LogP contribution >= 0.6 is 11.6 Å². The second-order valence-corrected chi connectivity index (χ2v) is 6.72. The molecule has 2 rings (SSSR count). The molecule has 7 heteroatoms. The van der Waals surface area contributed by atoms with Gasteiger partial charge >= 0.3 is 0 Å². The van der Waals surface area contributed by atoms with Crippen molar-refractivity contribution in [2.45, 2.75) is 18.9 Å². The number of aromatic nitrogens is 1. The smallest absolute Gasteiger partial charge is 0.213 e. The molecular weight excluding hydrogens is 274 g/mol. The number of anilines is 1. The summed E-state index contributed by atoms with van der Waals surface area (Å²) in [6, 6.07) is 3.58. The van der Waals surface area contributed by atoms with E-state index in [9.17, 15) is 8.42 Å². The third kappa shape index (κ3) is 3.13. The highest BCUT2D eigenvalue weighted by Crippen LogP contribution is 2.25. The number of nitrogens with one attached hydrogen (secondary N) is 1. The Morgan fingerprint density at radius 3 is 2.94 bits per heavy atom. The summed E-state index contributed by atoms with van der Waals surface area (Å²) in [5.41, 5.74) is 0. The second kappa shape index (κ2) is 5.42. The number of sulfonamides is 1. The molecule has 0 radical (unpaired) electrons. The van der Waals surface area contributed by atoms with Crippen LogP contribution in [0.15, 0.2) is 18.3 Å². The number of halogens is 1. The van der Waals surface area contributed by atoms with Crippen LogP contribution in [-0.2, 0) is 10.0 Å². The highest BCUT2D eigenvalue weighted by Gasteiger charge is 2.29. The Balaban J connectivity index is 2.15. The van der Waals surface area contributed by atoms with Gasteiger partial charge in [0.2, 0.25) is 10.0 Å². The first-order valence-electron chi connectivity index (χ1n) is 5.81. The van der Waals surface area contributed by atoms with Gasteiger partial charge in [0, 0.05) is 18.8 Å². The van der Waals surface area contributed by atoms with Gasteiger partial charge in [-0.05, 0) is 32.0 Å². The lowest BCUT2D eigenvalue weighted by Crippen LogP contribution is -2.38. The highest BCUT2D eigenvalue weighted by atomic mass is 35.5. The molecule has 1 aromatic heterocycles. The highest BCUT2D eigenvalue weighted by molar-refractivity contribution is 7.89. The third-order valence-electron chi connectivity index (χ3n) is 3.11. The van der Waals surface area contributed by atoms with Gasteiger partial charge in [0.1, 0.15) is 5.82 Å². The Bertz CT molecular complexity index is 504. The Hall–Kier alpha value is -0.850. The molecule has 1 aliphatic rings. The quantitative estimate of drug-likeness (QED) is 0.906. The zero-order valence-electron chi connectivity index (χ0n) is 10.1. The SMILES string of the molecule is CNS(=O)(=O)C[C@@H]1CCCN1c1ccc(Cl)cn1. The number of pyridine rings is 1. The Labute approximate surface area is 112 Å². The Morgan fingerprint density at radius 1 is 1.56 bits per heavy atom. The molecule has 100 valence electrons. The fourth-order valence-corrected chi connectivity index (χ4v) is 3.32. The van der Waals surface area contributed by atoms with Gasteiger partial charge in [-0.2, -0.15) is 0 Å². The van der Waals surface area contributed by atoms with Crippen molar-refractivity contribution in [1.29, 1.82) is 0 Å². The summed E-state index contributed by atoms with van der Waals surface area (Å²) < 4.78 is 25.6. The Morgan fingerprint density at radius 2 is 2.33 bits per heavy atom. The lowest BCUT2D eigenvalue weighted by atomic mass is 10.2. The summed E-state index contributed by atoms with van der Waals surface area (Å²) in [4.78, 5) is 6.28. The monoisotopic (exact) mass is 289 g/mol. The van der Waals surface area contributed by atoms with E-state index in [1.807, 2.05) is 11.0 Å². The topological polar surface area (TPSA) is 62.3 Å². The molecule has 18 heavy (non-hydrogen) atoms. The predicted molar refractivity (Wildman–Crippen MR) is 72.5 cm³/mol. The van der Waals surface area contributed by atoms with Crippen LogP contribution in [0.3, 0.4) is 0 Å². The molecule has 0 spiro atoms. The van der Waals surface area contributed by atoms with E-state index in [1.54, 1.807) is 12.3 Å². The van der Waals surface area contributed by atoms with E-state index in [2.05, 4.69) is 9.71 Å². The van der Waals surface area contributed by atoms with E-state index in [1.165, 1.54) is 7.05 Å². The zero-order chi connectivity index (χ0) is 13.2. The molecule has 1 saturated heterocycles. The van der Waals surface area contributed by atoms with Crippen molar-refractivity contribution in [3.63, 3.8) is 0 Å². The van der Waals surface area contributed by atoms with Crippen molar-refractivity contribution >= 4 is 27.4 Å². The molecule has 5 nitrogen and oxygen atoms in total. The molecule has 0 aliphatic carbocycles. The van der Waals surface area contributed by atoms with E-state index in [4.69, 9.17) is 11.6 Å². The molecule has 1 aliphatic heterocycles. The molecular formula is C11H16ClN3O2S. The minimum Gasteiger partial charge on any atom is -0.353 e. The van der Waals surface area contributed by atoms with Crippen LogP contribution in [0.4, 0.5) is 5.82 Å². The maximum absolute atomic E-state index is 11.6. The lowest BCUT2D eigenvalue weighted by molar-refractivity contribution is 0.577. The Kier molecular flexibility index (Phi) is 4.09. The summed E-state index contributed by atoms with van der Waals surface area (Å²) in [7, 11) is -1.76. The largest absolute Gasteiger partial charge is 0.353 e. The fraction of sp³-hybridized carbons (Fsp3) is 0.545. The summed E-state index contributed by atoms with van der Waals surface area (Å²) in [5.74, 6) is 0.890. The van der Waals surface area contributed by atoms with Gasteiger partial charge in [-0.25, -0.2) is 18.1 Å². The van der Waals surface area contributed by atoms with E-state index < -0.39 is 10.0 Å². The van der Waals surface area contributed by atoms with Crippen molar-refractivity contribution in [3.8, 4) is 0 Å². The van der Waals surface area contributed by atoms with Crippen molar-refractivity contribution in [1.82, 2.24) is 9.71 Å². The van der Waals surface area contributed by atoms with Crippen LogP contribution in [0.1, 0.15) is 12.8 Å². The maximum atomic E-state index is 11.6. The molecule has 1 fully saturated rings. The van der Waals surface area contributed by atoms with E-state index in [-0.39, 0.29) is 11.8 Å². The van der Waals surface area contributed by atoms with Gasteiger partial charge < -0.3 is 4.90 Å². The van der Waals surface area contributed by atoms with E-state index in [0.29, 0.717) is 5.02 Å². The standard InChI is InChI=1S/C11H16ClN3O2S/c1-13-18(16,17)8-10-3-2-6-15(10)11-5-4-9(12)7-14-11/h4-5,7,10,13H,2-3,6,8H2,1H3/t10-/m0/s1. The predicted octanol–water partition coefficient (Wildman–Crippen LogP) is 1.25. The van der Waals surface area contributed by atoms with Crippen LogP contribution in [0.5, 0.6) is 0 Å². The first-order valence-corrected chi connectivity index (χ1v) is 7.84. The molecule has 0 aromatic carbocycles. The van der Waals surface area contributed by atoms with Crippen LogP contribution in [0.25, 0.3) is 0 Å². The van der Waals surface area contributed by atoms with E-state index >= 15 is 0 Å². The van der Waals surface area contributed by atoms with Gasteiger partial charge in [-0.3, -0.25) is 0 Å². The molecule has 1 N–H and O–H groups in total. The van der Waals surface area contributed by atoms with Crippen LogP contribution in [-0.4, -0.2) is 38.8 Å². The summed E-state index contributed by atoms with van der Waals surface area (Å²) in [6.45, 7) is 0.832. The van der Waals surface area contributed by atoms with Gasteiger partial charge in [0.25, 0.3) is 0 Å². The molecule has 1 aromatic rings. The molecule has 1 atom stereocenters. The summed E-state index contributed by atoms with van der Waals surface area (Å²) in [5, 5.41) is 0.581. The molecule has 0 bridgehead atoms. The van der Waals surface area contributed by atoms with Gasteiger partial charge in [0.15, 0.2) is 0 Å². The van der Waals surface area contributed by atoms with Gasteiger partial charge in [-0.1, -0.05) is 11.6 Å². The number of nitrogens with zero attached hydrogens (tertiary/aromatic N) is 2. The zero-order valence-corrected chi connectivity index (χ0v) is 11.7. The average Bonchev–Trinajstić information content (AvgIpc) is 2.77. The van der Waals surface area contributed by atoms with Crippen LogP contribution in [0.2, 0.25) is 5.02 Å².